The van der Waals surface area contributed by atoms with Crippen LogP contribution in [-0.4, -0.2) is 16.1 Å². The summed E-state index contributed by atoms with van der Waals surface area (Å²) in [6.45, 7) is 13.5. The number of rotatable bonds is 2. The lowest BCUT2D eigenvalue weighted by Gasteiger charge is -2.32. The Morgan fingerprint density at radius 2 is 2.12 bits per heavy atom. The van der Waals surface area contributed by atoms with Gasteiger partial charge in [-0.2, -0.15) is 0 Å². The number of imidazole rings is 1. The molecule has 1 unspecified atom stereocenters. The minimum absolute atomic E-state index is 0.281. The number of aryl methyl sites for hydroxylation is 1. The molecule has 0 aromatic carbocycles. The van der Waals surface area contributed by atoms with E-state index in [1.807, 2.05) is 0 Å². The van der Waals surface area contributed by atoms with E-state index >= 15 is 0 Å². The Morgan fingerprint density at radius 1 is 1.41 bits per heavy atom. The third kappa shape index (κ3) is 2.25. The Morgan fingerprint density at radius 3 is 2.71 bits per heavy atom. The molecule has 3 nitrogen and oxygen atoms in total. The number of hydrogen-bond acceptors (Lipinski definition) is 2. The molecule has 0 bridgehead atoms. The van der Waals surface area contributed by atoms with Crippen LogP contribution in [0, 0.1) is 5.41 Å². The Hall–Kier alpha value is -0.830. The van der Waals surface area contributed by atoms with Crippen molar-refractivity contribution in [3.05, 3.63) is 17.2 Å². The van der Waals surface area contributed by atoms with Crippen molar-refractivity contribution in [3.63, 3.8) is 0 Å². The van der Waals surface area contributed by atoms with Gasteiger partial charge in [-0.05, 0) is 12.3 Å². The molecular formula is C14H25N3. The van der Waals surface area contributed by atoms with Crippen LogP contribution < -0.4 is 5.32 Å². The zero-order chi connectivity index (χ0) is 12.6. The Balaban J connectivity index is 2.47. The highest BCUT2D eigenvalue weighted by Gasteiger charge is 2.28. The molecule has 0 saturated carbocycles. The molecule has 1 aromatic heterocycles. The van der Waals surface area contributed by atoms with Crippen molar-refractivity contribution in [2.45, 2.75) is 60.0 Å². The lowest BCUT2D eigenvalue weighted by atomic mass is 9.87. The molecule has 0 amide bonds. The van der Waals surface area contributed by atoms with Crippen molar-refractivity contribution in [1.29, 1.82) is 0 Å². The van der Waals surface area contributed by atoms with Gasteiger partial charge in [-0.1, -0.05) is 27.7 Å². The number of hydrogen-bond donors (Lipinski definition) is 1. The summed E-state index contributed by atoms with van der Waals surface area (Å²) in [4.78, 5) is 4.80. The van der Waals surface area contributed by atoms with Gasteiger partial charge in [0.1, 0.15) is 5.82 Å². The number of aromatic nitrogens is 2. The Labute approximate surface area is 105 Å². The first-order chi connectivity index (χ1) is 7.95. The molecule has 2 rings (SSSR count). The molecule has 1 aromatic rings. The van der Waals surface area contributed by atoms with E-state index in [0.29, 0.717) is 6.04 Å². The van der Waals surface area contributed by atoms with Gasteiger partial charge < -0.3 is 9.88 Å². The summed E-state index contributed by atoms with van der Waals surface area (Å²) < 4.78 is 2.50. The Kier molecular flexibility index (Phi) is 3.30. The summed E-state index contributed by atoms with van der Waals surface area (Å²) in [6.07, 6.45) is 2.14. The zero-order valence-electron chi connectivity index (χ0n) is 11.8. The first-order valence-corrected chi connectivity index (χ1v) is 6.74. The van der Waals surface area contributed by atoms with Crippen molar-refractivity contribution in [3.8, 4) is 0 Å². The normalized spacial score (nSPS) is 17.9. The summed E-state index contributed by atoms with van der Waals surface area (Å²) in [7, 11) is 0. The van der Waals surface area contributed by atoms with E-state index in [0.717, 1.165) is 25.9 Å². The molecule has 1 atom stereocenters. The number of nitrogens with one attached hydrogen (secondary N) is 1. The van der Waals surface area contributed by atoms with E-state index in [-0.39, 0.29) is 5.41 Å². The second-order valence-electron chi connectivity index (χ2n) is 6.11. The monoisotopic (exact) mass is 235 g/mol. The average Bonchev–Trinajstić information content (AvgIpc) is 2.64. The molecule has 17 heavy (non-hydrogen) atoms. The smallest absolute Gasteiger partial charge is 0.109 e. The van der Waals surface area contributed by atoms with E-state index in [4.69, 9.17) is 4.98 Å². The summed E-state index contributed by atoms with van der Waals surface area (Å²) in [6, 6.07) is 0.506. The quantitative estimate of drug-likeness (QED) is 0.854. The highest BCUT2D eigenvalue weighted by molar-refractivity contribution is 5.21. The fourth-order valence-corrected chi connectivity index (χ4v) is 2.48. The molecule has 0 fully saturated rings. The van der Waals surface area contributed by atoms with Gasteiger partial charge in [0.2, 0.25) is 0 Å². The van der Waals surface area contributed by atoms with Gasteiger partial charge >= 0.3 is 0 Å². The highest BCUT2D eigenvalue weighted by Crippen LogP contribution is 2.33. The van der Waals surface area contributed by atoms with E-state index in [1.54, 1.807) is 0 Å². The maximum atomic E-state index is 4.80. The van der Waals surface area contributed by atoms with E-state index < -0.39 is 0 Å². The van der Waals surface area contributed by atoms with Crippen LogP contribution in [-0.2, 0) is 19.4 Å². The largest absolute Gasteiger partial charge is 0.328 e. The van der Waals surface area contributed by atoms with Crippen molar-refractivity contribution >= 4 is 0 Å². The van der Waals surface area contributed by atoms with Gasteiger partial charge in [0.05, 0.1) is 5.69 Å². The highest BCUT2D eigenvalue weighted by atomic mass is 15.1. The van der Waals surface area contributed by atoms with Gasteiger partial charge in [0.25, 0.3) is 0 Å². The van der Waals surface area contributed by atoms with Crippen molar-refractivity contribution in [1.82, 2.24) is 14.9 Å². The molecular weight excluding hydrogens is 210 g/mol. The minimum atomic E-state index is 0.281. The summed E-state index contributed by atoms with van der Waals surface area (Å²) in [5.41, 5.74) is 3.01. The van der Waals surface area contributed by atoms with Crippen LogP contribution in [0.1, 0.15) is 57.9 Å². The maximum absolute atomic E-state index is 4.80. The third-order valence-corrected chi connectivity index (χ3v) is 3.95. The molecule has 1 aliphatic rings. The van der Waals surface area contributed by atoms with Crippen LogP contribution in [0.25, 0.3) is 0 Å². The minimum Gasteiger partial charge on any atom is -0.328 e. The number of fused-ring (bicyclic) bond motifs is 1. The van der Waals surface area contributed by atoms with Crippen LogP contribution in [0.3, 0.4) is 0 Å². The number of nitrogens with zero attached hydrogens (tertiary/aromatic N) is 2. The van der Waals surface area contributed by atoms with E-state index in [1.165, 1.54) is 17.2 Å². The van der Waals surface area contributed by atoms with Gasteiger partial charge in [0, 0.05) is 37.7 Å². The molecule has 1 N–H and O–H groups in total. The molecule has 0 spiro atoms. The van der Waals surface area contributed by atoms with Crippen molar-refractivity contribution < 1.29 is 0 Å². The zero-order valence-corrected chi connectivity index (χ0v) is 11.8. The van der Waals surface area contributed by atoms with E-state index in [9.17, 15) is 0 Å². The fraction of sp³-hybridized carbons (Fsp3) is 0.786. The van der Waals surface area contributed by atoms with Gasteiger partial charge in [-0.25, -0.2) is 4.98 Å². The van der Waals surface area contributed by atoms with Gasteiger partial charge in [-0.15, -0.1) is 0 Å². The summed E-state index contributed by atoms with van der Waals surface area (Å²) in [5, 5.41) is 3.41. The molecule has 96 valence electrons. The predicted octanol–water partition coefficient (Wildman–Crippen LogP) is 2.70. The van der Waals surface area contributed by atoms with Crippen LogP contribution >= 0.6 is 0 Å². The van der Waals surface area contributed by atoms with Crippen molar-refractivity contribution in [2.24, 2.45) is 5.41 Å². The standard InChI is InChI=1S/C14H25N3/c1-6-13-16-11-9-15-8-7-12(11)17(13)10(2)14(3,4)5/h10,15H,6-9H2,1-5H3. The molecule has 1 aliphatic heterocycles. The van der Waals surface area contributed by atoms with Gasteiger partial charge in [-0.3, -0.25) is 0 Å². The molecule has 3 heteroatoms. The third-order valence-electron chi connectivity index (χ3n) is 3.95. The predicted molar refractivity (Wildman–Crippen MR) is 71.2 cm³/mol. The molecule has 2 heterocycles. The second-order valence-corrected chi connectivity index (χ2v) is 6.11. The first-order valence-electron chi connectivity index (χ1n) is 6.74. The second kappa shape index (κ2) is 4.45. The van der Waals surface area contributed by atoms with Crippen LogP contribution in [0.15, 0.2) is 0 Å². The average molecular weight is 235 g/mol. The SMILES string of the molecule is CCc1nc2c(n1C(C)C(C)(C)C)CCNC2. The fourth-order valence-electron chi connectivity index (χ4n) is 2.48. The lowest BCUT2D eigenvalue weighted by Crippen LogP contribution is -2.29. The lowest BCUT2D eigenvalue weighted by molar-refractivity contribution is 0.252. The Bertz CT molecular complexity index is 398. The van der Waals surface area contributed by atoms with Gasteiger partial charge in [0.15, 0.2) is 0 Å². The summed E-state index contributed by atoms with van der Waals surface area (Å²) >= 11 is 0. The topological polar surface area (TPSA) is 29.9 Å². The van der Waals surface area contributed by atoms with Crippen molar-refractivity contribution in [2.75, 3.05) is 6.54 Å². The van der Waals surface area contributed by atoms with Crippen LogP contribution in [0.2, 0.25) is 0 Å². The first kappa shape index (κ1) is 12.6. The van der Waals surface area contributed by atoms with E-state index in [2.05, 4.69) is 44.5 Å². The summed E-state index contributed by atoms with van der Waals surface area (Å²) in [5.74, 6) is 1.25. The molecule has 0 radical (unpaired) electrons. The maximum Gasteiger partial charge on any atom is 0.109 e. The van der Waals surface area contributed by atoms with Crippen LogP contribution in [0.4, 0.5) is 0 Å². The van der Waals surface area contributed by atoms with Crippen LogP contribution in [0.5, 0.6) is 0 Å². The molecule has 0 aliphatic carbocycles. The molecule has 0 saturated heterocycles.